The lowest BCUT2D eigenvalue weighted by molar-refractivity contribution is -0.144. The van der Waals surface area contributed by atoms with Crippen molar-refractivity contribution in [1.29, 1.82) is 0 Å². The Hall–Kier alpha value is -1.14. The first-order chi connectivity index (χ1) is 8.16. The van der Waals surface area contributed by atoms with Gasteiger partial charge in [-0.3, -0.25) is 14.5 Å². The molecule has 6 nitrogen and oxygen atoms in total. The molecule has 1 amide bonds. The summed E-state index contributed by atoms with van der Waals surface area (Å²) in [6, 6.07) is -0.588. The molecule has 0 aromatic heterocycles. The van der Waals surface area contributed by atoms with Crippen LogP contribution in [0, 0.1) is 5.92 Å². The average molecular weight is 241 g/mol. The number of amides is 1. The van der Waals surface area contributed by atoms with Gasteiger partial charge in [-0.05, 0) is 18.8 Å². The van der Waals surface area contributed by atoms with Crippen molar-refractivity contribution in [1.82, 2.24) is 15.5 Å². The van der Waals surface area contributed by atoms with Crippen molar-refractivity contribution >= 4 is 11.9 Å². The van der Waals surface area contributed by atoms with Gasteiger partial charge in [0.15, 0.2) is 0 Å². The fraction of sp³-hybridized carbons (Fsp3) is 0.818. The molecule has 6 heteroatoms. The Morgan fingerprint density at radius 1 is 1.41 bits per heavy atom. The molecule has 0 bridgehead atoms. The summed E-state index contributed by atoms with van der Waals surface area (Å²) in [5.74, 6) is -0.283. The van der Waals surface area contributed by atoms with Gasteiger partial charge in [-0.2, -0.15) is 0 Å². The lowest BCUT2D eigenvalue weighted by atomic mass is 10.2. The fourth-order valence-corrected chi connectivity index (χ4v) is 2.00. The molecule has 1 saturated heterocycles. The van der Waals surface area contributed by atoms with E-state index >= 15 is 0 Å². The predicted octanol–water partition coefficient (Wildman–Crippen LogP) is -1.13. The van der Waals surface area contributed by atoms with Gasteiger partial charge in [0, 0.05) is 26.2 Å². The van der Waals surface area contributed by atoms with E-state index in [9.17, 15) is 9.59 Å². The van der Waals surface area contributed by atoms with E-state index in [1.54, 1.807) is 4.90 Å². The Morgan fingerprint density at radius 2 is 2.18 bits per heavy atom. The van der Waals surface area contributed by atoms with Gasteiger partial charge in [0.2, 0.25) is 5.91 Å². The van der Waals surface area contributed by atoms with Gasteiger partial charge >= 0.3 is 5.97 Å². The number of hydrogen-bond acceptors (Lipinski definition) is 4. The molecule has 1 saturated carbocycles. The van der Waals surface area contributed by atoms with Crippen LogP contribution in [0.15, 0.2) is 0 Å². The highest BCUT2D eigenvalue weighted by Crippen LogP contribution is 2.27. The maximum absolute atomic E-state index is 11.6. The molecule has 1 unspecified atom stereocenters. The van der Waals surface area contributed by atoms with Gasteiger partial charge in [-0.25, -0.2) is 0 Å². The summed E-state index contributed by atoms with van der Waals surface area (Å²) >= 11 is 0. The molecule has 96 valence electrons. The number of rotatable bonds is 5. The Kier molecular flexibility index (Phi) is 3.96. The van der Waals surface area contributed by atoms with Gasteiger partial charge in [0.1, 0.15) is 6.04 Å². The van der Waals surface area contributed by atoms with Crippen molar-refractivity contribution in [2.24, 2.45) is 5.92 Å². The number of nitrogens with one attached hydrogen (secondary N) is 2. The molecule has 1 heterocycles. The Bertz CT molecular complexity index is 304. The van der Waals surface area contributed by atoms with E-state index in [1.165, 1.54) is 12.8 Å². The summed E-state index contributed by atoms with van der Waals surface area (Å²) in [5.41, 5.74) is 0. The summed E-state index contributed by atoms with van der Waals surface area (Å²) in [6.07, 6.45) is 2.40. The second-order valence-electron chi connectivity index (χ2n) is 4.78. The molecular formula is C11H19N3O3. The zero-order valence-corrected chi connectivity index (χ0v) is 9.82. The Morgan fingerprint density at radius 3 is 2.82 bits per heavy atom. The predicted molar refractivity (Wildman–Crippen MR) is 61.6 cm³/mol. The van der Waals surface area contributed by atoms with Gasteiger partial charge in [-0.15, -0.1) is 0 Å². The Balaban J connectivity index is 1.77. The van der Waals surface area contributed by atoms with Crippen LogP contribution in [0.3, 0.4) is 0 Å². The summed E-state index contributed by atoms with van der Waals surface area (Å²) in [6.45, 7) is 2.67. The number of nitrogens with zero attached hydrogens (tertiary/aromatic N) is 1. The summed E-state index contributed by atoms with van der Waals surface area (Å²) in [5, 5.41) is 14.9. The van der Waals surface area contributed by atoms with Crippen LogP contribution in [0.5, 0.6) is 0 Å². The Labute approximate surface area is 100 Å². The van der Waals surface area contributed by atoms with Crippen molar-refractivity contribution in [3.63, 3.8) is 0 Å². The number of carboxylic acid groups (broad SMARTS) is 1. The highest BCUT2D eigenvalue weighted by atomic mass is 16.4. The highest BCUT2D eigenvalue weighted by Gasteiger charge is 2.30. The minimum atomic E-state index is -0.868. The zero-order chi connectivity index (χ0) is 12.3. The summed E-state index contributed by atoms with van der Waals surface area (Å²) in [7, 11) is 0. The fourth-order valence-electron chi connectivity index (χ4n) is 2.00. The highest BCUT2D eigenvalue weighted by molar-refractivity contribution is 5.80. The van der Waals surface area contributed by atoms with E-state index in [-0.39, 0.29) is 12.5 Å². The first-order valence-corrected chi connectivity index (χ1v) is 6.11. The van der Waals surface area contributed by atoms with Crippen molar-refractivity contribution in [3.8, 4) is 0 Å². The molecule has 2 rings (SSSR count). The standard InChI is InChI=1S/C11H19N3O3/c15-10(13-5-8-1-2-8)7-14-4-3-12-6-9(14)11(16)17/h8-9,12H,1-7H2,(H,13,15)(H,16,17). The van der Waals surface area contributed by atoms with Crippen LogP contribution in [-0.4, -0.2) is 60.6 Å². The number of hydrogen-bond donors (Lipinski definition) is 3. The van der Waals surface area contributed by atoms with Crippen molar-refractivity contribution < 1.29 is 14.7 Å². The second-order valence-corrected chi connectivity index (χ2v) is 4.78. The SMILES string of the molecule is O=C(CN1CCNCC1C(=O)O)NCC1CC1. The zero-order valence-electron chi connectivity index (χ0n) is 9.82. The minimum Gasteiger partial charge on any atom is -0.480 e. The van der Waals surface area contributed by atoms with E-state index in [0.29, 0.717) is 19.0 Å². The molecule has 3 N–H and O–H groups in total. The quantitative estimate of drug-likeness (QED) is 0.567. The van der Waals surface area contributed by atoms with E-state index in [2.05, 4.69) is 10.6 Å². The average Bonchev–Trinajstić information content (AvgIpc) is 3.10. The van der Waals surface area contributed by atoms with E-state index in [1.807, 2.05) is 0 Å². The topological polar surface area (TPSA) is 81.7 Å². The number of carboxylic acids is 1. The molecule has 2 fully saturated rings. The molecule has 0 spiro atoms. The number of carbonyl (C=O) groups excluding carboxylic acids is 1. The molecule has 0 radical (unpaired) electrons. The molecular weight excluding hydrogens is 222 g/mol. The second kappa shape index (κ2) is 5.46. The molecule has 2 aliphatic rings. The van der Waals surface area contributed by atoms with Gasteiger partial charge < -0.3 is 15.7 Å². The largest absolute Gasteiger partial charge is 0.480 e. The number of carbonyl (C=O) groups is 2. The lowest BCUT2D eigenvalue weighted by Crippen LogP contribution is -2.57. The van der Waals surface area contributed by atoms with Crippen LogP contribution >= 0.6 is 0 Å². The summed E-state index contributed by atoms with van der Waals surface area (Å²) < 4.78 is 0. The number of piperazine rings is 1. The minimum absolute atomic E-state index is 0.0648. The first-order valence-electron chi connectivity index (χ1n) is 6.11. The number of aliphatic carboxylic acids is 1. The monoisotopic (exact) mass is 241 g/mol. The summed E-state index contributed by atoms with van der Waals surface area (Å²) in [4.78, 5) is 24.4. The van der Waals surface area contributed by atoms with Gasteiger partial charge in [-0.1, -0.05) is 0 Å². The maximum Gasteiger partial charge on any atom is 0.322 e. The molecule has 0 aromatic carbocycles. The van der Waals surface area contributed by atoms with Crippen LogP contribution in [0.25, 0.3) is 0 Å². The normalized spacial score (nSPS) is 25.5. The van der Waals surface area contributed by atoms with Gasteiger partial charge in [0.05, 0.1) is 6.54 Å². The van der Waals surface area contributed by atoms with Crippen LogP contribution in [0.1, 0.15) is 12.8 Å². The molecule has 1 aliphatic carbocycles. The third-order valence-electron chi connectivity index (χ3n) is 3.27. The molecule has 1 aliphatic heterocycles. The van der Waals surface area contributed by atoms with E-state index in [4.69, 9.17) is 5.11 Å². The van der Waals surface area contributed by atoms with Crippen molar-refractivity contribution in [3.05, 3.63) is 0 Å². The first kappa shape index (κ1) is 12.3. The van der Waals surface area contributed by atoms with Gasteiger partial charge in [0.25, 0.3) is 0 Å². The van der Waals surface area contributed by atoms with Crippen LogP contribution in [-0.2, 0) is 9.59 Å². The molecule has 1 atom stereocenters. The van der Waals surface area contributed by atoms with Crippen LogP contribution < -0.4 is 10.6 Å². The third kappa shape index (κ3) is 3.67. The van der Waals surface area contributed by atoms with Crippen molar-refractivity contribution in [2.45, 2.75) is 18.9 Å². The van der Waals surface area contributed by atoms with Crippen LogP contribution in [0.4, 0.5) is 0 Å². The van der Waals surface area contributed by atoms with Crippen molar-refractivity contribution in [2.75, 3.05) is 32.7 Å². The van der Waals surface area contributed by atoms with Crippen LogP contribution in [0.2, 0.25) is 0 Å². The van der Waals surface area contributed by atoms with E-state index in [0.717, 1.165) is 13.1 Å². The lowest BCUT2D eigenvalue weighted by Gasteiger charge is -2.32. The smallest absolute Gasteiger partial charge is 0.322 e. The molecule has 0 aromatic rings. The van der Waals surface area contributed by atoms with E-state index < -0.39 is 12.0 Å². The maximum atomic E-state index is 11.6. The molecule has 17 heavy (non-hydrogen) atoms. The third-order valence-corrected chi connectivity index (χ3v) is 3.27.